The van der Waals surface area contributed by atoms with E-state index in [4.69, 9.17) is 0 Å². The van der Waals surface area contributed by atoms with Gasteiger partial charge < -0.3 is 15.0 Å². The first-order valence-electron chi connectivity index (χ1n) is 16.9. The summed E-state index contributed by atoms with van der Waals surface area (Å²) in [4.78, 5) is 61.1. The van der Waals surface area contributed by atoms with Crippen molar-refractivity contribution in [1.29, 1.82) is 0 Å². The van der Waals surface area contributed by atoms with Gasteiger partial charge in [-0.25, -0.2) is 15.0 Å². The number of carbonyl (C=O) groups excluding carboxylic acids is 3. The van der Waals surface area contributed by atoms with Gasteiger partial charge in [0.15, 0.2) is 17.5 Å². The van der Waals surface area contributed by atoms with Crippen LogP contribution in [0.25, 0.3) is 33.6 Å². The number of nitrogens with zero attached hydrogens (tertiary/aromatic N) is 5. The molecule has 4 N–H and O–H groups in total. The van der Waals surface area contributed by atoms with Crippen LogP contribution in [-0.2, 0) is 0 Å². The van der Waals surface area contributed by atoms with Gasteiger partial charge in [0.2, 0.25) is 17.3 Å². The van der Waals surface area contributed by atoms with Crippen LogP contribution in [0.4, 0.5) is 0 Å². The first kappa shape index (κ1) is 35.7. The molecule has 0 atom stereocenters. The zero-order valence-corrected chi connectivity index (χ0v) is 29.8. The number of benzene rings is 3. The Morgan fingerprint density at radius 3 is 1.56 bits per heavy atom. The van der Waals surface area contributed by atoms with Crippen LogP contribution in [0.3, 0.4) is 0 Å². The van der Waals surface area contributed by atoms with E-state index in [0.717, 1.165) is 33.6 Å². The van der Waals surface area contributed by atoms with Crippen molar-refractivity contribution in [2.24, 2.45) is 0 Å². The minimum absolute atomic E-state index is 0.0860. The van der Waals surface area contributed by atoms with Crippen LogP contribution in [0.2, 0.25) is 0 Å². The molecular formula is C42H31N9O3S. The quantitative estimate of drug-likeness (QED) is 0.107. The molecule has 9 aromatic rings. The van der Waals surface area contributed by atoms with E-state index in [9.17, 15) is 14.4 Å². The maximum Gasteiger partial charge on any atom is 0.228 e. The van der Waals surface area contributed by atoms with Crippen LogP contribution in [-0.4, -0.2) is 62.4 Å². The zero-order valence-electron chi connectivity index (χ0n) is 29.0. The summed E-state index contributed by atoms with van der Waals surface area (Å²) in [6.45, 7) is 0. The summed E-state index contributed by atoms with van der Waals surface area (Å²) in [5.41, 5.74) is 7.56. The molecule has 0 aliphatic rings. The number of hydrogen-bond acceptors (Lipinski definition) is 9. The highest BCUT2D eigenvalue weighted by Gasteiger charge is 2.14. The van der Waals surface area contributed by atoms with Gasteiger partial charge in [-0.1, -0.05) is 66.7 Å². The van der Waals surface area contributed by atoms with Gasteiger partial charge in [-0.15, -0.1) is 0 Å². The van der Waals surface area contributed by atoms with Gasteiger partial charge in [0, 0.05) is 77.4 Å². The molecule has 0 bridgehead atoms. The van der Waals surface area contributed by atoms with Crippen LogP contribution >= 0.6 is 11.3 Å². The molecule has 268 valence electrons. The number of ketones is 3. The van der Waals surface area contributed by atoms with Gasteiger partial charge in [-0.3, -0.25) is 24.5 Å². The van der Waals surface area contributed by atoms with Crippen LogP contribution < -0.4 is 0 Å². The van der Waals surface area contributed by atoms with E-state index in [1.165, 1.54) is 0 Å². The lowest BCUT2D eigenvalue weighted by atomic mass is 10.0. The lowest BCUT2D eigenvalue weighted by molar-refractivity contribution is 0.102. The van der Waals surface area contributed by atoms with Crippen LogP contribution in [0, 0.1) is 0 Å². The average molecular weight is 742 g/mol. The lowest BCUT2D eigenvalue weighted by Gasteiger charge is -2.02. The summed E-state index contributed by atoms with van der Waals surface area (Å²) in [5.74, 6) is 0.711. The minimum atomic E-state index is -0.135. The number of rotatable bonds is 9. The molecule has 6 aromatic heterocycles. The van der Waals surface area contributed by atoms with Gasteiger partial charge >= 0.3 is 0 Å². The topological polar surface area (TPSA) is 179 Å². The summed E-state index contributed by atoms with van der Waals surface area (Å²) >= 11 is 1.64. The monoisotopic (exact) mass is 741 g/mol. The largest absolute Gasteiger partial charge is 0.342 e. The van der Waals surface area contributed by atoms with E-state index in [-0.39, 0.29) is 17.3 Å². The first-order chi connectivity index (χ1) is 27.0. The molecule has 6 heterocycles. The number of hydrogen-bond donors (Lipinski definition) is 4. The number of thiophene rings is 1. The number of pyridine rings is 1. The normalized spacial score (nSPS) is 10.4. The molecule has 12 nitrogen and oxygen atoms in total. The fourth-order valence-corrected chi connectivity index (χ4v) is 6.10. The molecule has 0 spiro atoms. The predicted molar refractivity (Wildman–Crippen MR) is 210 cm³/mol. The molecule has 9 rings (SSSR count). The number of nitrogens with one attached hydrogen (secondary N) is 4. The molecule has 55 heavy (non-hydrogen) atoms. The lowest BCUT2D eigenvalue weighted by Crippen LogP contribution is -2.04. The fraction of sp³-hybridized carbons (Fsp3) is 0. The molecule has 0 saturated heterocycles. The van der Waals surface area contributed by atoms with Crippen molar-refractivity contribution in [2.45, 2.75) is 0 Å². The smallest absolute Gasteiger partial charge is 0.228 e. The molecule has 0 amide bonds. The van der Waals surface area contributed by atoms with Crippen molar-refractivity contribution >= 4 is 28.7 Å². The van der Waals surface area contributed by atoms with Gasteiger partial charge in [0.05, 0.1) is 11.4 Å². The molecule has 3 aromatic carbocycles. The highest BCUT2D eigenvalue weighted by molar-refractivity contribution is 7.08. The second-order valence-corrected chi connectivity index (χ2v) is 12.5. The Morgan fingerprint density at radius 2 is 1.04 bits per heavy atom. The summed E-state index contributed by atoms with van der Waals surface area (Å²) in [7, 11) is 0. The summed E-state index contributed by atoms with van der Waals surface area (Å²) < 4.78 is 0. The Kier molecular flexibility index (Phi) is 11.2. The van der Waals surface area contributed by atoms with Gasteiger partial charge in [0.25, 0.3) is 0 Å². The standard InChI is InChI=1S/C15H11N3O.C14H10N2OS.C13H10N4O/c19-14(15-17-8-9-18-15)12-6-7-16-13(10-12)11-4-2-1-3-5-11;17-13(14-15-5-6-16-14)11-3-1-2-10(8-11)12-4-7-18-9-12;18-12(13-14-6-7-15-13)10-3-1-2-9(8-10)11-4-5-16-17-11/h1-10H,(H,17,18);1-9H,(H,15,16);1-8H,(H,14,15)(H,16,17). The molecule has 0 fully saturated rings. The van der Waals surface area contributed by atoms with Gasteiger partial charge in [-0.05, 0) is 58.3 Å². The number of H-pyrrole nitrogens is 4. The zero-order chi connectivity index (χ0) is 37.8. The Morgan fingerprint density at radius 1 is 0.473 bits per heavy atom. The van der Waals surface area contributed by atoms with Crippen molar-refractivity contribution in [2.75, 3.05) is 0 Å². The highest BCUT2D eigenvalue weighted by atomic mass is 32.1. The van der Waals surface area contributed by atoms with E-state index in [1.54, 1.807) is 85.2 Å². The van der Waals surface area contributed by atoms with E-state index in [0.29, 0.717) is 34.2 Å². The van der Waals surface area contributed by atoms with E-state index >= 15 is 0 Å². The number of aromatic amines is 4. The highest BCUT2D eigenvalue weighted by Crippen LogP contribution is 2.24. The predicted octanol–water partition coefficient (Wildman–Crippen LogP) is 8.10. The molecule has 13 heteroatoms. The summed E-state index contributed by atoms with van der Waals surface area (Å²) in [6.07, 6.45) is 12.9. The Balaban J connectivity index is 0.000000127. The molecule has 0 unspecified atom stereocenters. The second-order valence-electron chi connectivity index (χ2n) is 11.7. The average Bonchev–Trinajstić information content (AvgIpc) is 4.11. The van der Waals surface area contributed by atoms with E-state index < -0.39 is 0 Å². The molecule has 0 saturated carbocycles. The van der Waals surface area contributed by atoms with E-state index in [1.807, 2.05) is 84.2 Å². The van der Waals surface area contributed by atoms with Crippen LogP contribution in [0.15, 0.2) is 163 Å². The molecule has 0 aliphatic heterocycles. The van der Waals surface area contributed by atoms with Crippen LogP contribution in [0.1, 0.15) is 48.5 Å². The van der Waals surface area contributed by atoms with Crippen molar-refractivity contribution in [1.82, 2.24) is 45.1 Å². The van der Waals surface area contributed by atoms with Crippen molar-refractivity contribution in [3.8, 4) is 33.6 Å². The maximum atomic E-state index is 12.2. The third kappa shape index (κ3) is 8.88. The summed E-state index contributed by atoms with van der Waals surface area (Å²) in [6, 6.07) is 32.1. The molecule has 0 aliphatic carbocycles. The van der Waals surface area contributed by atoms with Crippen LogP contribution in [0.5, 0.6) is 0 Å². The summed E-state index contributed by atoms with van der Waals surface area (Å²) in [5, 5.41) is 10.9. The molecular weight excluding hydrogens is 711 g/mol. The maximum absolute atomic E-state index is 12.2. The Labute approximate surface area is 318 Å². The minimum Gasteiger partial charge on any atom is -0.342 e. The number of imidazole rings is 3. The fourth-order valence-electron chi connectivity index (χ4n) is 5.43. The van der Waals surface area contributed by atoms with Gasteiger partial charge in [-0.2, -0.15) is 16.4 Å². The van der Waals surface area contributed by atoms with Crippen molar-refractivity contribution in [3.63, 3.8) is 0 Å². The third-order valence-corrected chi connectivity index (χ3v) is 8.83. The van der Waals surface area contributed by atoms with Crippen molar-refractivity contribution < 1.29 is 14.4 Å². The first-order valence-corrected chi connectivity index (χ1v) is 17.8. The van der Waals surface area contributed by atoms with E-state index in [2.05, 4.69) is 50.5 Å². The SMILES string of the molecule is O=C(c1cccc(-c2ccn[nH]2)c1)c1ncc[nH]1.O=C(c1cccc(-c2ccsc2)c1)c1ncc[nH]1.O=C(c1ccnc(-c2ccccc2)c1)c1ncc[nH]1. The second kappa shape index (κ2) is 17.3. The number of aromatic nitrogens is 9. The van der Waals surface area contributed by atoms with Crippen molar-refractivity contribution in [3.05, 3.63) is 198 Å². The molecule has 0 radical (unpaired) electrons. The van der Waals surface area contributed by atoms with Gasteiger partial charge in [0.1, 0.15) is 0 Å². The Hall–Kier alpha value is -7.64. The third-order valence-electron chi connectivity index (χ3n) is 8.15. The Bertz CT molecular complexity index is 2460. The number of carbonyl (C=O) groups is 3.